The molecule has 0 aliphatic heterocycles. The molecule has 0 fully saturated rings. The molecular weight excluding hydrogens is 280 g/mol. The van der Waals surface area contributed by atoms with E-state index in [0.717, 1.165) is 16.6 Å². The molecule has 2 aromatic heterocycles. The second kappa shape index (κ2) is 4.92. The lowest BCUT2D eigenvalue weighted by Crippen LogP contribution is -2.12. The second-order valence-electron chi connectivity index (χ2n) is 4.04. The third-order valence-electron chi connectivity index (χ3n) is 2.83. The van der Waals surface area contributed by atoms with E-state index in [9.17, 15) is 10.0 Å². The van der Waals surface area contributed by atoms with Crippen LogP contribution in [0.1, 0.15) is 0 Å². The molecule has 2 heterocycles. The summed E-state index contributed by atoms with van der Waals surface area (Å²) in [6.45, 7) is 0. The summed E-state index contributed by atoms with van der Waals surface area (Å²) in [6.07, 6.45) is 3.40. The van der Waals surface area contributed by atoms with Crippen molar-refractivity contribution in [1.29, 1.82) is 0 Å². The summed E-state index contributed by atoms with van der Waals surface area (Å²) in [5, 5.41) is 16.9. The first kappa shape index (κ1) is 12.6. The SMILES string of the molecule is O=CN([O-])c1ccn(-c2ccnc3cc(Cl)ccc23)n1. The summed E-state index contributed by atoms with van der Waals surface area (Å²) in [7, 11) is 0. The molecule has 0 saturated carbocycles. The molecule has 0 saturated heterocycles. The van der Waals surface area contributed by atoms with E-state index in [1.54, 1.807) is 30.6 Å². The van der Waals surface area contributed by atoms with Crippen molar-refractivity contribution in [1.82, 2.24) is 14.8 Å². The van der Waals surface area contributed by atoms with Gasteiger partial charge < -0.3 is 10.3 Å². The predicted octanol–water partition coefficient (Wildman–Crippen LogP) is 2.53. The zero-order valence-electron chi connectivity index (χ0n) is 10.1. The first-order chi connectivity index (χ1) is 9.69. The van der Waals surface area contributed by atoms with Crippen molar-refractivity contribution >= 4 is 34.7 Å². The smallest absolute Gasteiger partial charge is 0.204 e. The zero-order valence-corrected chi connectivity index (χ0v) is 10.9. The Morgan fingerprint density at radius 3 is 2.95 bits per heavy atom. The van der Waals surface area contributed by atoms with Crippen molar-refractivity contribution < 1.29 is 4.79 Å². The van der Waals surface area contributed by atoms with Gasteiger partial charge in [-0.2, -0.15) is 5.10 Å². The molecule has 3 aromatic rings. The minimum atomic E-state index is 0.0268. The minimum absolute atomic E-state index is 0.0268. The highest BCUT2D eigenvalue weighted by Crippen LogP contribution is 2.24. The summed E-state index contributed by atoms with van der Waals surface area (Å²) < 4.78 is 1.52. The molecule has 0 N–H and O–H groups in total. The largest absolute Gasteiger partial charge is 0.751 e. The molecule has 0 unspecified atom stereocenters. The number of carbonyl (C=O) groups is 1. The Morgan fingerprint density at radius 2 is 2.15 bits per heavy atom. The number of carbonyl (C=O) groups excluding carboxylic acids is 1. The average molecular weight is 288 g/mol. The molecule has 7 heteroatoms. The number of aromatic nitrogens is 3. The van der Waals surface area contributed by atoms with E-state index >= 15 is 0 Å². The van der Waals surface area contributed by atoms with E-state index in [0.29, 0.717) is 5.02 Å². The van der Waals surface area contributed by atoms with E-state index in [4.69, 9.17) is 11.6 Å². The number of halogens is 1. The second-order valence-corrected chi connectivity index (χ2v) is 4.48. The summed E-state index contributed by atoms with van der Waals surface area (Å²) in [5.74, 6) is 0.0268. The van der Waals surface area contributed by atoms with Crippen molar-refractivity contribution in [3.63, 3.8) is 0 Å². The van der Waals surface area contributed by atoms with Gasteiger partial charge in [0.05, 0.1) is 11.2 Å². The first-order valence-electron chi connectivity index (χ1n) is 5.71. The number of anilines is 1. The molecule has 0 aliphatic rings. The van der Waals surface area contributed by atoms with Crippen molar-refractivity contribution in [3.05, 3.63) is 53.0 Å². The number of amides is 1. The fraction of sp³-hybridized carbons (Fsp3) is 0. The Labute approximate surface area is 118 Å². The van der Waals surface area contributed by atoms with Gasteiger partial charge in [0.15, 0.2) is 0 Å². The van der Waals surface area contributed by atoms with E-state index in [1.165, 1.54) is 10.7 Å². The number of hydrogen-bond acceptors (Lipinski definition) is 4. The lowest BCUT2D eigenvalue weighted by Gasteiger charge is -2.18. The van der Waals surface area contributed by atoms with Crippen LogP contribution < -0.4 is 5.06 Å². The van der Waals surface area contributed by atoms with E-state index in [-0.39, 0.29) is 17.3 Å². The summed E-state index contributed by atoms with van der Waals surface area (Å²) in [5.41, 5.74) is 1.47. The van der Waals surface area contributed by atoms with Crippen LogP contribution in [0.2, 0.25) is 5.02 Å². The van der Waals surface area contributed by atoms with Crippen molar-refractivity contribution in [2.45, 2.75) is 0 Å². The topological polar surface area (TPSA) is 74.1 Å². The van der Waals surface area contributed by atoms with E-state index < -0.39 is 0 Å². The summed E-state index contributed by atoms with van der Waals surface area (Å²) >= 11 is 5.93. The quantitative estimate of drug-likeness (QED) is 0.548. The number of hydroxylamine groups is 1. The molecule has 1 aromatic carbocycles. The lowest BCUT2D eigenvalue weighted by atomic mass is 10.2. The maximum Gasteiger partial charge on any atom is 0.204 e. The van der Waals surface area contributed by atoms with Crippen LogP contribution in [-0.2, 0) is 4.79 Å². The van der Waals surface area contributed by atoms with Gasteiger partial charge in [0.2, 0.25) is 6.41 Å². The number of pyridine rings is 1. The molecule has 0 atom stereocenters. The Kier molecular flexibility index (Phi) is 3.09. The van der Waals surface area contributed by atoms with Gasteiger partial charge in [-0.05, 0) is 24.3 Å². The average Bonchev–Trinajstić information content (AvgIpc) is 2.95. The third kappa shape index (κ3) is 2.11. The molecule has 0 spiro atoms. The summed E-state index contributed by atoms with van der Waals surface area (Å²) in [4.78, 5) is 14.7. The van der Waals surface area contributed by atoms with Gasteiger partial charge in [0.25, 0.3) is 0 Å². The molecule has 1 amide bonds. The van der Waals surface area contributed by atoms with Crippen molar-refractivity contribution in [2.24, 2.45) is 0 Å². The normalized spacial score (nSPS) is 10.7. The van der Waals surface area contributed by atoms with Gasteiger partial charge in [0, 0.05) is 28.9 Å². The van der Waals surface area contributed by atoms with Crippen LogP contribution in [-0.4, -0.2) is 21.2 Å². The monoisotopic (exact) mass is 287 g/mol. The van der Waals surface area contributed by atoms with Crippen LogP contribution in [0, 0.1) is 5.21 Å². The molecule has 6 nitrogen and oxygen atoms in total. The molecule has 0 aliphatic carbocycles. The third-order valence-corrected chi connectivity index (χ3v) is 3.06. The van der Waals surface area contributed by atoms with Crippen molar-refractivity contribution in [3.8, 4) is 5.69 Å². The number of fused-ring (bicyclic) bond motifs is 1. The molecule has 100 valence electrons. The Morgan fingerprint density at radius 1 is 1.30 bits per heavy atom. The number of rotatable bonds is 3. The van der Waals surface area contributed by atoms with Gasteiger partial charge in [-0.25, -0.2) is 4.68 Å². The minimum Gasteiger partial charge on any atom is -0.751 e. The van der Waals surface area contributed by atoms with Crippen LogP contribution in [0.4, 0.5) is 5.82 Å². The Hall–Kier alpha value is -2.44. The van der Waals surface area contributed by atoms with Gasteiger partial charge in [-0.1, -0.05) is 11.6 Å². The number of nitrogens with zero attached hydrogens (tertiary/aromatic N) is 4. The van der Waals surface area contributed by atoms with Crippen LogP contribution in [0.3, 0.4) is 0 Å². The van der Waals surface area contributed by atoms with E-state index in [2.05, 4.69) is 10.1 Å². The highest BCUT2D eigenvalue weighted by molar-refractivity contribution is 6.31. The molecule has 0 radical (unpaired) electrons. The van der Waals surface area contributed by atoms with Crippen LogP contribution in [0.15, 0.2) is 42.7 Å². The predicted molar refractivity (Wildman–Crippen MR) is 75.8 cm³/mol. The summed E-state index contributed by atoms with van der Waals surface area (Å²) in [6, 6.07) is 8.56. The maximum absolute atomic E-state index is 11.2. The number of benzene rings is 1. The zero-order chi connectivity index (χ0) is 14.1. The van der Waals surface area contributed by atoms with Gasteiger partial charge in [-0.3, -0.25) is 9.78 Å². The fourth-order valence-electron chi connectivity index (χ4n) is 1.93. The van der Waals surface area contributed by atoms with Crippen LogP contribution >= 0.6 is 11.6 Å². The first-order valence-corrected chi connectivity index (χ1v) is 6.09. The van der Waals surface area contributed by atoms with Crippen LogP contribution in [0.25, 0.3) is 16.6 Å². The molecular formula is C13H8ClN4O2-. The number of hydrogen-bond donors (Lipinski definition) is 0. The Bertz CT molecular complexity index is 787. The Balaban J connectivity index is 2.14. The fourth-order valence-corrected chi connectivity index (χ4v) is 2.09. The maximum atomic E-state index is 11.2. The van der Waals surface area contributed by atoms with E-state index in [1.807, 2.05) is 6.07 Å². The molecule has 0 bridgehead atoms. The van der Waals surface area contributed by atoms with Gasteiger partial charge in [-0.15, -0.1) is 0 Å². The molecule has 20 heavy (non-hydrogen) atoms. The van der Waals surface area contributed by atoms with Gasteiger partial charge in [0.1, 0.15) is 5.82 Å². The van der Waals surface area contributed by atoms with Crippen molar-refractivity contribution in [2.75, 3.05) is 5.06 Å². The highest BCUT2D eigenvalue weighted by Gasteiger charge is 2.07. The standard InChI is InChI=1S/C13H8ClN4O2/c14-9-1-2-10-11(7-9)15-5-3-12(10)17-6-4-13(16-17)18(20)8-19/h1-8H/q-1. The highest BCUT2D eigenvalue weighted by atomic mass is 35.5. The lowest BCUT2D eigenvalue weighted by molar-refractivity contribution is -0.107. The van der Waals surface area contributed by atoms with Gasteiger partial charge >= 0.3 is 0 Å². The van der Waals surface area contributed by atoms with Crippen LogP contribution in [0.5, 0.6) is 0 Å². The molecule has 3 rings (SSSR count).